The maximum Gasteiger partial charge on any atom is 0.371 e. The smallest absolute Gasteiger partial charge is 0.371 e. The van der Waals surface area contributed by atoms with Crippen molar-refractivity contribution in [2.75, 3.05) is 5.32 Å². The molecule has 0 fully saturated rings. The van der Waals surface area contributed by atoms with Crippen LogP contribution < -0.4 is 5.32 Å². The van der Waals surface area contributed by atoms with Gasteiger partial charge in [0.15, 0.2) is 17.3 Å². The summed E-state index contributed by atoms with van der Waals surface area (Å²) in [5, 5.41) is 21.8. The minimum absolute atomic E-state index is 0.102. The maximum absolute atomic E-state index is 13.6. The van der Waals surface area contributed by atoms with E-state index in [4.69, 9.17) is 9.52 Å². The van der Waals surface area contributed by atoms with Gasteiger partial charge < -0.3 is 14.8 Å². The Labute approximate surface area is 116 Å². The summed E-state index contributed by atoms with van der Waals surface area (Å²) in [6.07, 6.45) is 0. The number of hydrogen-bond acceptors (Lipinski definition) is 5. The Bertz CT molecular complexity index is 714. The zero-order valence-electron chi connectivity index (χ0n) is 10.3. The third-order valence-electron chi connectivity index (χ3n) is 2.58. The standard InChI is InChI=1S/C12H8F2N2O5/c13-7-2-3-8(16(19)20)11(10(7)14)15-5-6-1-4-9(21-6)12(17)18/h1-4,15H,5H2,(H,17,18). The first-order valence-corrected chi connectivity index (χ1v) is 5.58. The predicted molar refractivity (Wildman–Crippen MR) is 66.0 cm³/mol. The summed E-state index contributed by atoms with van der Waals surface area (Å²) in [7, 11) is 0. The highest BCUT2D eigenvalue weighted by atomic mass is 19.2. The molecule has 0 aliphatic carbocycles. The molecule has 0 saturated carbocycles. The van der Waals surface area contributed by atoms with E-state index in [1.165, 1.54) is 12.1 Å². The zero-order valence-corrected chi connectivity index (χ0v) is 10.3. The molecule has 2 rings (SSSR count). The molecule has 2 aromatic rings. The number of nitro benzene ring substituents is 1. The fourth-order valence-electron chi connectivity index (χ4n) is 1.62. The molecule has 0 radical (unpaired) electrons. The van der Waals surface area contributed by atoms with Crippen LogP contribution in [-0.4, -0.2) is 16.0 Å². The van der Waals surface area contributed by atoms with Crippen LogP contribution in [0.15, 0.2) is 28.7 Å². The van der Waals surface area contributed by atoms with Crippen LogP contribution in [0, 0.1) is 21.7 Å². The Balaban J connectivity index is 2.24. The van der Waals surface area contributed by atoms with Gasteiger partial charge in [-0.2, -0.15) is 0 Å². The molecule has 0 unspecified atom stereocenters. The Morgan fingerprint density at radius 3 is 2.62 bits per heavy atom. The van der Waals surface area contributed by atoms with Gasteiger partial charge in [0, 0.05) is 6.07 Å². The summed E-state index contributed by atoms with van der Waals surface area (Å²) in [6, 6.07) is 3.95. The molecule has 0 amide bonds. The summed E-state index contributed by atoms with van der Waals surface area (Å²) in [4.78, 5) is 20.5. The number of rotatable bonds is 5. The van der Waals surface area contributed by atoms with E-state index >= 15 is 0 Å². The Hall–Kier alpha value is -2.97. The van der Waals surface area contributed by atoms with Crippen LogP contribution in [0.2, 0.25) is 0 Å². The van der Waals surface area contributed by atoms with E-state index in [1.54, 1.807) is 0 Å². The van der Waals surface area contributed by atoms with Gasteiger partial charge in [0.25, 0.3) is 5.69 Å². The lowest BCUT2D eigenvalue weighted by atomic mass is 10.2. The SMILES string of the molecule is O=C(O)c1ccc(CNc2c([N+](=O)[O-])ccc(F)c2F)o1. The second kappa shape index (κ2) is 5.57. The lowest BCUT2D eigenvalue weighted by Gasteiger charge is -2.07. The zero-order chi connectivity index (χ0) is 15.6. The number of carboxylic acid groups (broad SMARTS) is 1. The highest BCUT2D eigenvalue weighted by molar-refractivity contribution is 5.84. The van der Waals surface area contributed by atoms with E-state index < -0.39 is 33.9 Å². The van der Waals surface area contributed by atoms with Crippen molar-refractivity contribution >= 4 is 17.3 Å². The van der Waals surface area contributed by atoms with Crippen LogP contribution in [0.25, 0.3) is 0 Å². The van der Waals surface area contributed by atoms with Crippen molar-refractivity contribution in [1.29, 1.82) is 0 Å². The molecule has 7 nitrogen and oxygen atoms in total. The lowest BCUT2D eigenvalue weighted by molar-refractivity contribution is -0.384. The van der Waals surface area contributed by atoms with Gasteiger partial charge in [-0.05, 0) is 18.2 Å². The van der Waals surface area contributed by atoms with E-state index in [0.717, 1.165) is 6.07 Å². The second-order valence-electron chi connectivity index (χ2n) is 3.94. The number of nitrogens with one attached hydrogen (secondary N) is 1. The Morgan fingerprint density at radius 1 is 1.33 bits per heavy atom. The van der Waals surface area contributed by atoms with E-state index in [2.05, 4.69) is 5.32 Å². The average molecular weight is 298 g/mol. The normalized spacial score (nSPS) is 10.4. The van der Waals surface area contributed by atoms with Gasteiger partial charge in [0.05, 0.1) is 11.5 Å². The number of nitrogens with zero attached hydrogens (tertiary/aromatic N) is 1. The van der Waals surface area contributed by atoms with Gasteiger partial charge in [0.1, 0.15) is 5.76 Å². The van der Waals surface area contributed by atoms with Crippen molar-refractivity contribution in [1.82, 2.24) is 0 Å². The largest absolute Gasteiger partial charge is 0.475 e. The van der Waals surface area contributed by atoms with E-state index in [-0.39, 0.29) is 18.1 Å². The van der Waals surface area contributed by atoms with Crippen molar-refractivity contribution in [3.8, 4) is 0 Å². The molecule has 0 spiro atoms. The molecule has 0 atom stereocenters. The summed E-state index contributed by atoms with van der Waals surface area (Å²) < 4.78 is 31.6. The van der Waals surface area contributed by atoms with E-state index in [0.29, 0.717) is 6.07 Å². The van der Waals surface area contributed by atoms with E-state index in [9.17, 15) is 23.7 Å². The van der Waals surface area contributed by atoms with Crippen LogP contribution in [0.4, 0.5) is 20.2 Å². The third kappa shape index (κ3) is 2.96. The minimum atomic E-state index is -1.39. The first-order valence-electron chi connectivity index (χ1n) is 5.58. The van der Waals surface area contributed by atoms with Gasteiger partial charge in [-0.1, -0.05) is 0 Å². The summed E-state index contributed by atoms with van der Waals surface area (Å²) in [5.41, 5.74) is -1.27. The number of benzene rings is 1. The second-order valence-corrected chi connectivity index (χ2v) is 3.94. The van der Waals surface area contributed by atoms with Gasteiger partial charge in [0.2, 0.25) is 5.76 Å². The molecule has 1 aromatic carbocycles. The monoisotopic (exact) mass is 298 g/mol. The highest BCUT2D eigenvalue weighted by Gasteiger charge is 2.21. The number of carbonyl (C=O) groups is 1. The van der Waals surface area contributed by atoms with Gasteiger partial charge >= 0.3 is 5.97 Å². The molecule has 21 heavy (non-hydrogen) atoms. The van der Waals surface area contributed by atoms with Crippen LogP contribution in [-0.2, 0) is 6.54 Å². The molecule has 2 N–H and O–H groups in total. The Kier molecular flexibility index (Phi) is 3.83. The topological polar surface area (TPSA) is 106 Å². The first kappa shape index (κ1) is 14.4. The van der Waals surface area contributed by atoms with Crippen LogP contribution in [0.1, 0.15) is 16.3 Å². The van der Waals surface area contributed by atoms with Crippen molar-refractivity contribution in [3.05, 3.63) is 57.5 Å². The molecule has 1 aromatic heterocycles. The summed E-state index contributed by atoms with van der Waals surface area (Å²) in [6.45, 7) is -0.242. The van der Waals surface area contributed by atoms with Crippen LogP contribution in [0.5, 0.6) is 0 Å². The predicted octanol–water partition coefficient (Wildman–Crippen LogP) is 2.78. The quantitative estimate of drug-likeness (QED) is 0.649. The summed E-state index contributed by atoms with van der Waals surface area (Å²) >= 11 is 0. The fraction of sp³-hybridized carbons (Fsp3) is 0.0833. The molecule has 0 aliphatic rings. The molecule has 0 bridgehead atoms. The van der Waals surface area contributed by atoms with Crippen LogP contribution >= 0.6 is 0 Å². The van der Waals surface area contributed by atoms with E-state index in [1.807, 2.05) is 0 Å². The molecule has 0 saturated heterocycles. The van der Waals surface area contributed by atoms with Crippen molar-refractivity contribution in [2.24, 2.45) is 0 Å². The number of halogens is 2. The number of furan rings is 1. The summed E-state index contributed by atoms with van der Waals surface area (Å²) in [5.74, 6) is -4.15. The minimum Gasteiger partial charge on any atom is -0.475 e. The number of aromatic carboxylic acids is 1. The third-order valence-corrected chi connectivity index (χ3v) is 2.58. The number of anilines is 1. The molecular formula is C12H8F2N2O5. The fourth-order valence-corrected chi connectivity index (χ4v) is 1.62. The maximum atomic E-state index is 13.6. The number of carboxylic acids is 1. The first-order chi connectivity index (χ1) is 9.90. The van der Waals surface area contributed by atoms with Crippen LogP contribution in [0.3, 0.4) is 0 Å². The number of hydrogen-bond donors (Lipinski definition) is 2. The number of nitro groups is 1. The molecule has 110 valence electrons. The lowest BCUT2D eigenvalue weighted by Crippen LogP contribution is -2.06. The highest BCUT2D eigenvalue weighted by Crippen LogP contribution is 2.29. The molecule has 1 heterocycles. The van der Waals surface area contributed by atoms with Crippen molar-refractivity contribution < 1.29 is 28.0 Å². The van der Waals surface area contributed by atoms with Gasteiger partial charge in [-0.15, -0.1) is 0 Å². The van der Waals surface area contributed by atoms with Crippen molar-refractivity contribution in [3.63, 3.8) is 0 Å². The average Bonchev–Trinajstić information content (AvgIpc) is 2.89. The van der Waals surface area contributed by atoms with Crippen molar-refractivity contribution in [2.45, 2.75) is 6.54 Å². The molecular weight excluding hydrogens is 290 g/mol. The Morgan fingerprint density at radius 2 is 2.05 bits per heavy atom. The van der Waals surface area contributed by atoms with Gasteiger partial charge in [-0.25, -0.2) is 13.6 Å². The van der Waals surface area contributed by atoms with Gasteiger partial charge in [-0.3, -0.25) is 10.1 Å². The molecule has 9 heteroatoms. The molecule has 0 aliphatic heterocycles.